The molecule has 1 aliphatic rings. The third-order valence-corrected chi connectivity index (χ3v) is 5.44. The minimum Gasteiger partial charge on any atom is -0.381 e. The molecular formula is C19H33IN4O3S. The van der Waals surface area contributed by atoms with Gasteiger partial charge >= 0.3 is 0 Å². The van der Waals surface area contributed by atoms with Gasteiger partial charge in [-0.15, -0.1) is 24.0 Å². The van der Waals surface area contributed by atoms with Gasteiger partial charge in [-0.1, -0.05) is 30.3 Å². The number of hydrogen-bond donors (Lipinski definition) is 3. The first-order valence-electron chi connectivity index (χ1n) is 9.70. The van der Waals surface area contributed by atoms with E-state index in [0.29, 0.717) is 25.6 Å². The molecule has 0 saturated heterocycles. The molecular weight excluding hydrogens is 491 g/mol. The topological polar surface area (TPSA) is 91.8 Å². The van der Waals surface area contributed by atoms with E-state index >= 15 is 0 Å². The van der Waals surface area contributed by atoms with Gasteiger partial charge in [0.15, 0.2) is 5.96 Å². The van der Waals surface area contributed by atoms with E-state index in [-0.39, 0.29) is 29.7 Å². The molecule has 0 unspecified atom stereocenters. The number of aliphatic imine (C=N–C) groups is 1. The lowest BCUT2D eigenvalue weighted by Crippen LogP contribution is -2.41. The van der Waals surface area contributed by atoms with E-state index < -0.39 is 10.0 Å². The number of halogens is 1. The second-order valence-corrected chi connectivity index (χ2v) is 8.61. The minimum atomic E-state index is -3.34. The van der Waals surface area contributed by atoms with Crippen LogP contribution in [0.2, 0.25) is 0 Å². The fourth-order valence-corrected chi connectivity index (χ4v) is 3.30. The maximum atomic E-state index is 12.1. The number of sulfonamides is 1. The molecule has 0 atom stereocenters. The molecule has 1 fully saturated rings. The Morgan fingerprint density at radius 2 is 1.96 bits per heavy atom. The summed E-state index contributed by atoms with van der Waals surface area (Å²) in [6.45, 7) is 5.55. The summed E-state index contributed by atoms with van der Waals surface area (Å²) >= 11 is 0. The zero-order valence-electron chi connectivity index (χ0n) is 16.5. The number of hydrogen-bond acceptors (Lipinski definition) is 4. The molecule has 9 heteroatoms. The van der Waals surface area contributed by atoms with Crippen molar-refractivity contribution < 1.29 is 13.2 Å². The number of benzene rings is 1. The molecule has 0 spiro atoms. The Morgan fingerprint density at radius 3 is 2.64 bits per heavy atom. The highest BCUT2D eigenvalue weighted by atomic mass is 127. The lowest BCUT2D eigenvalue weighted by atomic mass is 10.2. The van der Waals surface area contributed by atoms with E-state index in [2.05, 4.69) is 20.3 Å². The van der Waals surface area contributed by atoms with Gasteiger partial charge in [0.05, 0.1) is 5.75 Å². The molecule has 1 aliphatic carbocycles. The smallest absolute Gasteiger partial charge is 0.213 e. The van der Waals surface area contributed by atoms with Crippen LogP contribution in [0.25, 0.3) is 0 Å². The predicted molar refractivity (Wildman–Crippen MR) is 125 cm³/mol. The molecule has 0 aromatic heterocycles. The third-order valence-electron chi connectivity index (χ3n) is 4.11. The van der Waals surface area contributed by atoms with Crippen LogP contribution < -0.4 is 15.4 Å². The normalized spacial score (nSPS) is 14.4. The van der Waals surface area contributed by atoms with Crippen molar-refractivity contribution in [2.75, 3.05) is 38.6 Å². The van der Waals surface area contributed by atoms with Gasteiger partial charge in [0, 0.05) is 39.4 Å². The molecule has 0 heterocycles. The van der Waals surface area contributed by atoms with Crippen LogP contribution in [-0.4, -0.2) is 53.0 Å². The van der Waals surface area contributed by atoms with Crippen molar-refractivity contribution in [2.45, 2.75) is 32.7 Å². The highest BCUT2D eigenvalue weighted by Gasteiger charge is 2.20. The van der Waals surface area contributed by atoms with E-state index in [1.54, 1.807) is 0 Å². The highest BCUT2D eigenvalue weighted by Crippen LogP contribution is 2.28. The fourth-order valence-electron chi connectivity index (χ4n) is 2.40. The second-order valence-electron chi connectivity index (χ2n) is 6.68. The Hall–Kier alpha value is -0.910. The molecule has 0 amide bonds. The summed E-state index contributed by atoms with van der Waals surface area (Å²) < 4.78 is 32.4. The quantitative estimate of drug-likeness (QED) is 0.159. The molecule has 1 aromatic carbocycles. The largest absolute Gasteiger partial charge is 0.381 e. The molecule has 0 aliphatic heterocycles. The second kappa shape index (κ2) is 14.1. The van der Waals surface area contributed by atoms with Crippen LogP contribution in [0.15, 0.2) is 35.3 Å². The van der Waals surface area contributed by atoms with Gasteiger partial charge in [-0.05, 0) is 37.7 Å². The van der Waals surface area contributed by atoms with Gasteiger partial charge in [0.1, 0.15) is 0 Å². The lowest BCUT2D eigenvalue weighted by molar-refractivity contribution is 0.123. The highest BCUT2D eigenvalue weighted by molar-refractivity contribution is 14.0. The number of ether oxygens (including phenoxy) is 1. The van der Waals surface area contributed by atoms with Crippen molar-refractivity contribution in [1.29, 1.82) is 0 Å². The Labute approximate surface area is 186 Å². The first kappa shape index (κ1) is 25.1. The summed E-state index contributed by atoms with van der Waals surface area (Å²) in [6, 6.07) is 9.47. The summed E-state index contributed by atoms with van der Waals surface area (Å²) in [5, 5.41) is 6.20. The van der Waals surface area contributed by atoms with Gasteiger partial charge in [-0.2, -0.15) is 0 Å². The van der Waals surface area contributed by atoms with Crippen molar-refractivity contribution in [3.8, 4) is 0 Å². The SMILES string of the molecule is CCNC(=NCCCOCC1CC1)NCCS(=O)(=O)NCc1ccccc1.I. The molecule has 0 bridgehead atoms. The Morgan fingerprint density at radius 1 is 1.21 bits per heavy atom. The van der Waals surface area contributed by atoms with Gasteiger partial charge in [0.25, 0.3) is 0 Å². The van der Waals surface area contributed by atoms with Crippen molar-refractivity contribution in [1.82, 2.24) is 15.4 Å². The number of rotatable bonds is 13. The van der Waals surface area contributed by atoms with Crippen LogP contribution in [-0.2, 0) is 21.3 Å². The Balaban J connectivity index is 0.00000392. The molecule has 0 radical (unpaired) electrons. The summed E-state index contributed by atoms with van der Waals surface area (Å²) in [7, 11) is -3.34. The summed E-state index contributed by atoms with van der Waals surface area (Å²) in [5.74, 6) is 1.41. The molecule has 28 heavy (non-hydrogen) atoms. The van der Waals surface area contributed by atoms with Crippen molar-refractivity contribution in [3.63, 3.8) is 0 Å². The summed E-state index contributed by atoms with van der Waals surface area (Å²) in [5.41, 5.74) is 0.938. The average molecular weight is 524 g/mol. The molecule has 160 valence electrons. The minimum absolute atomic E-state index is 0. The molecule has 7 nitrogen and oxygen atoms in total. The van der Waals surface area contributed by atoms with Crippen molar-refractivity contribution in [2.24, 2.45) is 10.9 Å². The van der Waals surface area contributed by atoms with Gasteiger partial charge < -0.3 is 15.4 Å². The zero-order chi connectivity index (χ0) is 19.4. The van der Waals surface area contributed by atoms with Crippen molar-refractivity contribution in [3.05, 3.63) is 35.9 Å². The number of guanidine groups is 1. The van der Waals surface area contributed by atoms with Crippen LogP contribution in [0.5, 0.6) is 0 Å². The Bertz CT molecular complexity index is 667. The average Bonchev–Trinajstić information content (AvgIpc) is 3.48. The predicted octanol–water partition coefficient (Wildman–Crippen LogP) is 2.10. The maximum absolute atomic E-state index is 12.1. The number of nitrogens with zero attached hydrogens (tertiary/aromatic N) is 1. The van der Waals surface area contributed by atoms with Crippen molar-refractivity contribution >= 4 is 40.0 Å². The summed E-state index contributed by atoms with van der Waals surface area (Å²) in [6.07, 6.45) is 3.46. The third kappa shape index (κ3) is 11.8. The number of nitrogens with one attached hydrogen (secondary N) is 3. The fraction of sp³-hybridized carbons (Fsp3) is 0.632. The van der Waals surface area contributed by atoms with E-state index in [0.717, 1.165) is 37.7 Å². The van der Waals surface area contributed by atoms with Crippen LogP contribution >= 0.6 is 24.0 Å². The monoisotopic (exact) mass is 524 g/mol. The van der Waals surface area contributed by atoms with Gasteiger partial charge in [0.2, 0.25) is 10.0 Å². The van der Waals surface area contributed by atoms with Crippen LogP contribution in [0, 0.1) is 5.92 Å². The van der Waals surface area contributed by atoms with Crippen LogP contribution in [0.1, 0.15) is 31.7 Å². The lowest BCUT2D eigenvalue weighted by Gasteiger charge is -2.12. The van der Waals surface area contributed by atoms with Gasteiger partial charge in [-0.3, -0.25) is 4.99 Å². The van der Waals surface area contributed by atoms with Crippen LogP contribution in [0.3, 0.4) is 0 Å². The standard InChI is InChI=1S/C19H32N4O3S.HI/c1-2-20-19(21-11-6-13-26-16-18-9-10-18)22-12-14-27(24,25)23-15-17-7-4-3-5-8-17;/h3-5,7-8,18,23H,2,6,9-16H2,1H3,(H2,20,21,22);1H. The first-order chi connectivity index (χ1) is 13.1. The Kier molecular flexibility index (Phi) is 12.7. The summed E-state index contributed by atoms with van der Waals surface area (Å²) in [4.78, 5) is 4.46. The van der Waals surface area contributed by atoms with Gasteiger partial charge in [-0.25, -0.2) is 13.1 Å². The zero-order valence-corrected chi connectivity index (χ0v) is 19.7. The first-order valence-corrected chi connectivity index (χ1v) is 11.4. The van der Waals surface area contributed by atoms with E-state index in [9.17, 15) is 8.42 Å². The molecule has 2 rings (SSSR count). The molecule has 1 aromatic rings. The van der Waals surface area contributed by atoms with E-state index in [4.69, 9.17) is 4.74 Å². The maximum Gasteiger partial charge on any atom is 0.213 e. The molecule has 1 saturated carbocycles. The van der Waals surface area contributed by atoms with Crippen LogP contribution in [0.4, 0.5) is 0 Å². The van der Waals surface area contributed by atoms with E-state index in [1.165, 1.54) is 12.8 Å². The van der Waals surface area contributed by atoms with E-state index in [1.807, 2.05) is 37.3 Å². The molecule has 3 N–H and O–H groups in total.